The monoisotopic (exact) mass is 366 g/mol. The van der Waals surface area contributed by atoms with E-state index >= 15 is 0 Å². The predicted molar refractivity (Wildman–Crippen MR) is 77.3 cm³/mol. The summed E-state index contributed by atoms with van der Waals surface area (Å²) in [5, 5.41) is 0. The molecule has 0 aromatic heterocycles. The van der Waals surface area contributed by atoms with Crippen molar-refractivity contribution in [3.05, 3.63) is 33.1 Å². The summed E-state index contributed by atoms with van der Waals surface area (Å²) in [6.45, 7) is 8.19. The minimum absolute atomic E-state index is 0.00974. The zero-order valence-corrected chi connectivity index (χ0v) is 13.5. The van der Waals surface area contributed by atoms with E-state index in [9.17, 15) is 9.18 Å². The van der Waals surface area contributed by atoms with Gasteiger partial charge in [-0.1, -0.05) is 19.6 Å². The molecular formula is C12H16FIO2Si. The van der Waals surface area contributed by atoms with Gasteiger partial charge in [-0.2, -0.15) is 0 Å². The van der Waals surface area contributed by atoms with Crippen LogP contribution in [0.25, 0.3) is 0 Å². The molecule has 0 aliphatic heterocycles. The normalized spacial score (nSPS) is 13.3. The lowest BCUT2D eigenvalue weighted by molar-refractivity contribution is 0.0450. The molecule has 2 nitrogen and oxygen atoms in total. The molecule has 0 spiro atoms. The first-order chi connectivity index (χ1) is 7.71. The predicted octanol–water partition coefficient (Wildman–Crippen LogP) is 3.85. The lowest BCUT2D eigenvalue weighted by Gasteiger charge is -2.25. The largest absolute Gasteiger partial charge is 0.463 e. The van der Waals surface area contributed by atoms with Crippen molar-refractivity contribution in [2.24, 2.45) is 0 Å². The second-order valence-electron chi connectivity index (χ2n) is 5.04. The quantitative estimate of drug-likeness (QED) is 0.462. The first-order valence-corrected chi connectivity index (χ1v) is 10.0. The molecule has 0 radical (unpaired) electrons. The summed E-state index contributed by atoms with van der Waals surface area (Å²) >= 11 is 2.00. The van der Waals surface area contributed by atoms with Crippen LogP contribution >= 0.6 is 22.6 Å². The summed E-state index contributed by atoms with van der Waals surface area (Å²) in [5.74, 6) is -1.10. The van der Waals surface area contributed by atoms with E-state index in [0.717, 1.165) is 3.57 Å². The molecule has 0 amide bonds. The van der Waals surface area contributed by atoms with Gasteiger partial charge in [0, 0.05) is 3.57 Å². The summed E-state index contributed by atoms with van der Waals surface area (Å²) in [4.78, 5) is 11.8. The zero-order chi connectivity index (χ0) is 13.2. The Hall–Kier alpha value is -0.433. The van der Waals surface area contributed by atoms with Crippen LogP contribution in [0.5, 0.6) is 0 Å². The third-order valence-corrected chi connectivity index (χ3v) is 5.88. The average molecular weight is 366 g/mol. The Balaban J connectivity index is 2.84. The van der Waals surface area contributed by atoms with Crippen LogP contribution in [0.2, 0.25) is 19.6 Å². The molecule has 0 aliphatic carbocycles. The second kappa shape index (κ2) is 5.47. The number of carbonyl (C=O) groups is 1. The number of hydrogen-bond donors (Lipinski definition) is 0. The van der Waals surface area contributed by atoms with Gasteiger partial charge in [0.15, 0.2) is 0 Å². The molecule has 5 heteroatoms. The molecular weight excluding hydrogens is 350 g/mol. The average Bonchev–Trinajstić information content (AvgIpc) is 2.15. The van der Waals surface area contributed by atoms with Crippen LogP contribution in [0.3, 0.4) is 0 Å². The number of halogens is 2. The fraction of sp³-hybridized carbons (Fsp3) is 0.417. The van der Waals surface area contributed by atoms with E-state index in [1.54, 1.807) is 6.07 Å². The zero-order valence-electron chi connectivity index (χ0n) is 10.4. The molecule has 17 heavy (non-hydrogen) atoms. The summed E-state index contributed by atoms with van der Waals surface area (Å²) < 4.78 is 19.6. The maximum Gasteiger partial charge on any atom is 0.341 e. The van der Waals surface area contributed by atoms with E-state index in [-0.39, 0.29) is 11.3 Å². The second-order valence-corrected chi connectivity index (χ2v) is 11.8. The van der Waals surface area contributed by atoms with Gasteiger partial charge in [-0.3, -0.25) is 0 Å². The van der Waals surface area contributed by atoms with Crippen molar-refractivity contribution in [2.75, 3.05) is 0 Å². The lowest BCUT2D eigenvalue weighted by Crippen LogP contribution is -2.39. The highest BCUT2D eigenvalue weighted by Crippen LogP contribution is 2.17. The SMILES string of the molecule is CC(OC(=O)c1ccc(I)cc1F)[Si](C)(C)C. The van der Waals surface area contributed by atoms with Crippen molar-refractivity contribution in [3.8, 4) is 0 Å². The van der Waals surface area contributed by atoms with Gasteiger partial charge < -0.3 is 4.74 Å². The van der Waals surface area contributed by atoms with Crippen molar-refractivity contribution < 1.29 is 13.9 Å². The van der Waals surface area contributed by atoms with Crippen LogP contribution in [0.1, 0.15) is 17.3 Å². The van der Waals surface area contributed by atoms with Gasteiger partial charge >= 0.3 is 5.97 Å². The van der Waals surface area contributed by atoms with Gasteiger partial charge in [0.1, 0.15) is 5.82 Å². The Labute approximate surface area is 116 Å². The van der Waals surface area contributed by atoms with Crippen LogP contribution in [-0.2, 0) is 4.74 Å². The Bertz CT molecular complexity index is 429. The van der Waals surface area contributed by atoms with E-state index in [2.05, 4.69) is 19.6 Å². The molecule has 0 bridgehead atoms. The molecule has 1 unspecified atom stereocenters. The van der Waals surface area contributed by atoms with Crippen LogP contribution in [-0.4, -0.2) is 19.8 Å². The summed E-state index contributed by atoms with van der Waals surface area (Å²) in [5.41, 5.74) is -0.121. The standard InChI is InChI=1S/C12H16FIO2Si/c1-8(17(2,3)4)16-12(15)10-6-5-9(14)7-11(10)13/h5-8H,1-4H3. The third kappa shape index (κ3) is 4.06. The molecule has 0 saturated heterocycles. The molecule has 1 aromatic rings. The van der Waals surface area contributed by atoms with Crippen molar-refractivity contribution in [1.29, 1.82) is 0 Å². The Kier molecular flexibility index (Phi) is 4.71. The first-order valence-electron chi connectivity index (χ1n) is 5.38. The maximum absolute atomic E-state index is 13.6. The van der Waals surface area contributed by atoms with Gasteiger partial charge in [0.25, 0.3) is 0 Å². The summed E-state index contributed by atoms with van der Waals surface area (Å²) in [6, 6.07) is 4.49. The van der Waals surface area contributed by atoms with Gasteiger partial charge in [-0.25, -0.2) is 9.18 Å². The summed E-state index contributed by atoms with van der Waals surface area (Å²) in [6.07, 6.45) is 0. The highest BCUT2D eigenvalue weighted by atomic mass is 127. The number of rotatable bonds is 3. The first kappa shape index (κ1) is 14.6. The smallest absolute Gasteiger partial charge is 0.341 e. The lowest BCUT2D eigenvalue weighted by atomic mass is 10.2. The fourth-order valence-corrected chi connectivity index (χ4v) is 1.97. The fourth-order valence-electron chi connectivity index (χ4n) is 1.06. The maximum atomic E-state index is 13.6. The van der Waals surface area contributed by atoms with Gasteiger partial charge in [-0.05, 0) is 47.7 Å². The topological polar surface area (TPSA) is 26.3 Å². The number of benzene rings is 1. The molecule has 1 atom stereocenters. The number of hydrogen-bond acceptors (Lipinski definition) is 2. The number of esters is 1. The molecule has 1 rings (SSSR count). The highest BCUT2D eigenvalue weighted by molar-refractivity contribution is 14.1. The van der Waals surface area contributed by atoms with Crippen molar-refractivity contribution in [1.82, 2.24) is 0 Å². The molecule has 0 N–H and O–H groups in total. The number of ether oxygens (including phenoxy) is 1. The van der Waals surface area contributed by atoms with Crippen LogP contribution in [0, 0.1) is 9.39 Å². The van der Waals surface area contributed by atoms with Crippen molar-refractivity contribution in [2.45, 2.75) is 32.3 Å². The van der Waals surface area contributed by atoms with E-state index in [4.69, 9.17) is 4.74 Å². The Morgan fingerprint density at radius 1 is 1.41 bits per heavy atom. The van der Waals surface area contributed by atoms with E-state index in [0.29, 0.717) is 0 Å². The van der Waals surface area contributed by atoms with E-state index in [1.807, 2.05) is 29.5 Å². The van der Waals surface area contributed by atoms with Crippen molar-refractivity contribution >= 4 is 36.6 Å². The number of carbonyl (C=O) groups excluding carboxylic acids is 1. The highest BCUT2D eigenvalue weighted by Gasteiger charge is 2.27. The molecule has 0 fully saturated rings. The van der Waals surface area contributed by atoms with Crippen LogP contribution in [0.4, 0.5) is 4.39 Å². The van der Waals surface area contributed by atoms with Gasteiger partial charge in [0.05, 0.1) is 19.4 Å². The minimum atomic E-state index is -1.55. The summed E-state index contributed by atoms with van der Waals surface area (Å²) in [7, 11) is -1.55. The molecule has 0 aliphatic rings. The van der Waals surface area contributed by atoms with E-state index < -0.39 is 19.9 Å². The Morgan fingerprint density at radius 2 is 2.00 bits per heavy atom. The van der Waals surface area contributed by atoms with Crippen LogP contribution < -0.4 is 0 Å². The van der Waals surface area contributed by atoms with Gasteiger partial charge in [-0.15, -0.1) is 0 Å². The van der Waals surface area contributed by atoms with Crippen LogP contribution in [0.15, 0.2) is 18.2 Å². The molecule has 94 valence electrons. The van der Waals surface area contributed by atoms with E-state index in [1.165, 1.54) is 12.1 Å². The molecule has 0 heterocycles. The molecule has 1 aromatic carbocycles. The minimum Gasteiger partial charge on any atom is -0.463 e. The van der Waals surface area contributed by atoms with Crippen molar-refractivity contribution in [3.63, 3.8) is 0 Å². The Morgan fingerprint density at radius 3 is 2.47 bits per heavy atom. The third-order valence-electron chi connectivity index (χ3n) is 2.65. The molecule has 0 saturated carbocycles. The van der Waals surface area contributed by atoms with Gasteiger partial charge in [0.2, 0.25) is 0 Å².